The number of amides is 1. The molecular formula is C31H28Cl2N4O5. The second kappa shape index (κ2) is 14.4. The smallest absolute Gasteiger partial charge is 0.356 e. The number of rotatable bonds is 12. The number of aryl methyl sites for hydroxylation is 1. The van der Waals surface area contributed by atoms with Crippen LogP contribution in [0.1, 0.15) is 34.2 Å². The van der Waals surface area contributed by atoms with E-state index in [1.165, 1.54) is 24.4 Å². The van der Waals surface area contributed by atoms with Crippen molar-refractivity contribution in [3.8, 4) is 5.75 Å². The fourth-order valence-corrected chi connectivity index (χ4v) is 4.40. The SMILES string of the molecule is CCOC(=O)c1ccc(C=CC(=O)NCC(=O)CNc2ccc(Cl)c(COc3cccc4ccc(C)nc34)c2Cl)cn1. The van der Waals surface area contributed by atoms with Crippen LogP contribution in [0, 0.1) is 6.92 Å². The third-order valence-electron chi connectivity index (χ3n) is 6.01. The van der Waals surface area contributed by atoms with Gasteiger partial charge in [0.05, 0.1) is 30.4 Å². The van der Waals surface area contributed by atoms with E-state index >= 15 is 0 Å². The number of para-hydroxylation sites is 1. The van der Waals surface area contributed by atoms with Gasteiger partial charge in [-0.25, -0.2) is 14.8 Å². The number of nitrogens with one attached hydrogen (secondary N) is 2. The van der Waals surface area contributed by atoms with Gasteiger partial charge in [-0.05, 0) is 55.8 Å². The lowest BCUT2D eigenvalue weighted by molar-refractivity contribution is -0.121. The highest BCUT2D eigenvalue weighted by Gasteiger charge is 2.14. The molecule has 0 atom stereocenters. The zero-order valence-corrected chi connectivity index (χ0v) is 24.5. The van der Waals surface area contributed by atoms with Crippen molar-refractivity contribution in [2.45, 2.75) is 20.5 Å². The summed E-state index contributed by atoms with van der Waals surface area (Å²) >= 11 is 13.0. The molecule has 0 bridgehead atoms. The molecule has 2 heterocycles. The second-order valence-electron chi connectivity index (χ2n) is 9.10. The highest BCUT2D eigenvalue weighted by atomic mass is 35.5. The topological polar surface area (TPSA) is 120 Å². The van der Waals surface area contributed by atoms with Gasteiger partial charge in [0.1, 0.15) is 23.6 Å². The number of pyridine rings is 2. The minimum absolute atomic E-state index is 0.0720. The van der Waals surface area contributed by atoms with Gasteiger partial charge in [0.25, 0.3) is 0 Å². The number of benzene rings is 2. The number of anilines is 1. The van der Waals surface area contributed by atoms with E-state index in [-0.39, 0.29) is 37.8 Å². The molecule has 0 radical (unpaired) electrons. The molecule has 2 aromatic carbocycles. The standard InChI is InChI=1S/C31H28Cl2N4O5/c1-3-41-31(40)26-12-8-20(15-34-26)9-14-28(39)36-17-22(38)16-35-25-13-11-24(32)23(29(25)33)18-42-27-6-4-5-21-10-7-19(2)37-30(21)27/h4-15,35H,3,16-18H2,1-2H3,(H,36,39). The molecule has 0 fully saturated rings. The Morgan fingerprint density at radius 3 is 2.60 bits per heavy atom. The lowest BCUT2D eigenvalue weighted by atomic mass is 10.2. The highest BCUT2D eigenvalue weighted by Crippen LogP contribution is 2.33. The first kappa shape index (κ1) is 30.5. The minimum atomic E-state index is -0.518. The lowest BCUT2D eigenvalue weighted by Crippen LogP contribution is -2.31. The van der Waals surface area contributed by atoms with E-state index in [0.717, 1.165) is 16.6 Å². The Kier molecular flexibility index (Phi) is 10.5. The van der Waals surface area contributed by atoms with Crippen molar-refractivity contribution in [3.63, 3.8) is 0 Å². The van der Waals surface area contributed by atoms with Gasteiger partial charge in [-0.15, -0.1) is 0 Å². The van der Waals surface area contributed by atoms with Crippen molar-refractivity contribution in [2.24, 2.45) is 0 Å². The fraction of sp³-hybridized carbons (Fsp3) is 0.194. The number of halogens is 2. The second-order valence-corrected chi connectivity index (χ2v) is 9.88. The van der Waals surface area contributed by atoms with Crippen molar-refractivity contribution in [1.82, 2.24) is 15.3 Å². The van der Waals surface area contributed by atoms with Crippen molar-refractivity contribution in [2.75, 3.05) is 25.0 Å². The summed E-state index contributed by atoms with van der Waals surface area (Å²) in [6.45, 7) is 3.71. The summed E-state index contributed by atoms with van der Waals surface area (Å²) in [6, 6.07) is 16.1. The Hall–Kier alpha value is -4.47. The number of carbonyl (C=O) groups is 3. The van der Waals surface area contributed by atoms with Gasteiger partial charge in [-0.2, -0.15) is 0 Å². The van der Waals surface area contributed by atoms with Crippen LogP contribution < -0.4 is 15.4 Å². The molecule has 4 rings (SSSR count). The van der Waals surface area contributed by atoms with E-state index in [4.69, 9.17) is 32.7 Å². The molecule has 0 aliphatic rings. The number of hydrogen-bond donors (Lipinski definition) is 2. The normalized spacial score (nSPS) is 11.0. The molecule has 0 saturated carbocycles. The van der Waals surface area contributed by atoms with Crippen LogP contribution in [0.2, 0.25) is 10.0 Å². The van der Waals surface area contributed by atoms with E-state index < -0.39 is 11.9 Å². The van der Waals surface area contributed by atoms with E-state index in [2.05, 4.69) is 20.6 Å². The number of esters is 1. The molecule has 0 spiro atoms. The maximum Gasteiger partial charge on any atom is 0.356 e. The van der Waals surface area contributed by atoms with Crippen molar-refractivity contribution in [1.29, 1.82) is 0 Å². The highest BCUT2D eigenvalue weighted by molar-refractivity contribution is 6.37. The van der Waals surface area contributed by atoms with Gasteiger partial charge in [-0.1, -0.05) is 47.5 Å². The molecule has 9 nitrogen and oxygen atoms in total. The summed E-state index contributed by atoms with van der Waals surface area (Å²) in [7, 11) is 0. The van der Waals surface area contributed by atoms with Gasteiger partial charge in [0.2, 0.25) is 5.91 Å². The molecule has 0 aliphatic heterocycles. The number of ketones is 1. The van der Waals surface area contributed by atoms with Gasteiger partial charge in [0.15, 0.2) is 5.78 Å². The first-order valence-corrected chi connectivity index (χ1v) is 13.8. The summed E-state index contributed by atoms with van der Waals surface area (Å²) in [5, 5.41) is 7.24. The Labute approximate surface area is 252 Å². The number of Topliss-reactive ketones (excluding diaryl/α,β-unsaturated/α-hetero) is 1. The quantitative estimate of drug-likeness (QED) is 0.153. The molecule has 2 N–H and O–H groups in total. The van der Waals surface area contributed by atoms with E-state index in [9.17, 15) is 14.4 Å². The summed E-state index contributed by atoms with van der Waals surface area (Å²) in [6.07, 6.45) is 4.24. The van der Waals surface area contributed by atoms with Gasteiger partial charge >= 0.3 is 5.97 Å². The largest absolute Gasteiger partial charge is 0.487 e. The fourth-order valence-electron chi connectivity index (χ4n) is 3.85. The summed E-state index contributed by atoms with van der Waals surface area (Å²) < 4.78 is 10.9. The Morgan fingerprint density at radius 1 is 1.00 bits per heavy atom. The molecule has 11 heteroatoms. The lowest BCUT2D eigenvalue weighted by Gasteiger charge is -2.15. The molecule has 2 aromatic heterocycles. The number of nitrogens with zero attached hydrogens (tertiary/aromatic N) is 2. The van der Waals surface area contributed by atoms with Crippen LogP contribution in [0.4, 0.5) is 5.69 Å². The molecule has 42 heavy (non-hydrogen) atoms. The average molecular weight is 607 g/mol. The molecular weight excluding hydrogens is 579 g/mol. The summed E-state index contributed by atoms with van der Waals surface area (Å²) in [4.78, 5) is 44.8. The van der Waals surface area contributed by atoms with Crippen molar-refractivity contribution >= 4 is 63.5 Å². The van der Waals surface area contributed by atoms with Crippen LogP contribution in [0.3, 0.4) is 0 Å². The van der Waals surface area contributed by atoms with E-state index in [1.54, 1.807) is 25.1 Å². The van der Waals surface area contributed by atoms with E-state index in [0.29, 0.717) is 32.6 Å². The van der Waals surface area contributed by atoms with Crippen molar-refractivity contribution < 1.29 is 23.9 Å². The monoisotopic (exact) mass is 606 g/mol. The Bertz CT molecular complexity index is 1640. The summed E-state index contributed by atoms with van der Waals surface area (Å²) in [5.41, 5.74) is 3.46. The Balaban J connectivity index is 1.29. The van der Waals surface area contributed by atoms with Gasteiger partial charge in [-0.3, -0.25) is 9.59 Å². The third-order valence-corrected chi connectivity index (χ3v) is 6.80. The molecule has 4 aromatic rings. The average Bonchev–Trinajstić information content (AvgIpc) is 2.99. The number of carbonyl (C=O) groups excluding carboxylic acids is 3. The molecule has 1 amide bonds. The third kappa shape index (κ3) is 8.05. The molecule has 216 valence electrons. The minimum Gasteiger partial charge on any atom is -0.487 e. The molecule has 0 aliphatic carbocycles. The van der Waals surface area contributed by atoms with Crippen LogP contribution in [-0.4, -0.2) is 47.3 Å². The molecule has 0 unspecified atom stereocenters. The predicted octanol–water partition coefficient (Wildman–Crippen LogP) is 5.81. The molecule has 0 saturated heterocycles. The van der Waals surface area contributed by atoms with E-state index in [1.807, 2.05) is 37.3 Å². The summed E-state index contributed by atoms with van der Waals surface area (Å²) in [5.74, 6) is -0.638. The number of fused-ring (bicyclic) bond motifs is 1. The zero-order valence-electron chi connectivity index (χ0n) is 22.9. The first-order chi connectivity index (χ1) is 20.2. The van der Waals surface area contributed by atoms with Crippen LogP contribution in [0.25, 0.3) is 17.0 Å². The predicted molar refractivity (Wildman–Crippen MR) is 163 cm³/mol. The first-order valence-electron chi connectivity index (χ1n) is 13.1. The van der Waals surface area contributed by atoms with Crippen LogP contribution in [0.5, 0.6) is 5.75 Å². The van der Waals surface area contributed by atoms with Crippen LogP contribution >= 0.6 is 23.2 Å². The number of hydrogen-bond acceptors (Lipinski definition) is 8. The van der Waals surface area contributed by atoms with Crippen molar-refractivity contribution in [3.05, 3.63) is 99.4 Å². The van der Waals surface area contributed by atoms with Gasteiger partial charge < -0.3 is 20.1 Å². The number of aromatic nitrogens is 2. The van der Waals surface area contributed by atoms with Crippen LogP contribution in [-0.2, 0) is 20.9 Å². The zero-order chi connectivity index (χ0) is 30.1. The maximum atomic E-state index is 12.4. The van der Waals surface area contributed by atoms with Gasteiger partial charge in [0, 0.05) is 33.9 Å². The number of ether oxygens (including phenoxy) is 2. The Morgan fingerprint density at radius 2 is 1.83 bits per heavy atom. The van der Waals surface area contributed by atoms with Crippen LogP contribution in [0.15, 0.2) is 66.9 Å². The maximum absolute atomic E-state index is 12.4.